The maximum atomic E-state index is 10.3. The number of rotatable bonds is 8. The fraction of sp³-hybridized carbons (Fsp3) is 0.429. The number of aliphatic hydroxyl groups excluding tert-OH is 1. The second-order valence-electron chi connectivity index (χ2n) is 6.62. The number of methoxy groups -OCH3 is 1. The van der Waals surface area contributed by atoms with Gasteiger partial charge in [-0.25, -0.2) is 0 Å². The Hall–Kier alpha value is -1.88. The van der Waals surface area contributed by atoms with Gasteiger partial charge in [-0.15, -0.1) is 0 Å². The molecule has 2 aromatic carbocycles. The average Bonchev–Trinajstić information content (AvgIpc) is 3.20. The minimum absolute atomic E-state index is 0.330. The molecule has 2 atom stereocenters. The number of aliphatic hydroxyl groups is 1. The van der Waals surface area contributed by atoms with Crippen LogP contribution in [0.1, 0.15) is 36.1 Å². The Morgan fingerprint density at radius 1 is 0.960 bits per heavy atom. The Bertz CT molecular complexity index is 624. The highest BCUT2D eigenvalue weighted by Crippen LogP contribution is 2.26. The zero-order valence-corrected chi connectivity index (χ0v) is 14.9. The van der Waals surface area contributed by atoms with Gasteiger partial charge in [-0.05, 0) is 49.2 Å². The van der Waals surface area contributed by atoms with Crippen molar-refractivity contribution < 1.29 is 9.84 Å². The first-order chi connectivity index (χ1) is 12.3. The van der Waals surface area contributed by atoms with E-state index in [0.29, 0.717) is 12.6 Å². The van der Waals surface area contributed by atoms with E-state index < -0.39 is 6.10 Å². The van der Waals surface area contributed by atoms with Gasteiger partial charge in [0.25, 0.3) is 0 Å². The van der Waals surface area contributed by atoms with E-state index in [1.165, 1.54) is 18.4 Å². The van der Waals surface area contributed by atoms with Crippen LogP contribution >= 0.6 is 0 Å². The topological polar surface area (TPSA) is 44.7 Å². The van der Waals surface area contributed by atoms with Crippen molar-refractivity contribution in [3.8, 4) is 5.75 Å². The monoisotopic (exact) mass is 340 g/mol. The fourth-order valence-electron chi connectivity index (χ4n) is 3.49. The van der Waals surface area contributed by atoms with Crippen molar-refractivity contribution in [1.29, 1.82) is 0 Å². The van der Waals surface area contributed by atoms with Gasteiger partial charge < -0.3 is 15.2 Å². The summed E-state index contributed by atoms with van der Waals surface area (Å²) < 4.78 is 5.27. The van der Waals surface area contributed by atoms with E-state index in [2.05, 4.69) is 22.3 Å². The molecule has 0 amide bonds. The highest BCUT2D eigenvalue weighted by Gasteiger charge is 2.23. The van der Waals surface area contributed by atoms with Crippen LogP contribution in [0.5, 0.6) is 5.75 Å². The largest absolute Gasteiger partial charge is 0.497 e. The Labute approximate surface area is 150 Å². The Balaban J connectivity index is 1.61. The third kappa shape index (κ3) is 4.82. The van der Waals surface area contributed by atoms with Crippen molar-refractivity contribution in [2.45, 2.75) is 25.0 Å². The maximum absolute atomic E-state index is 10.3. The smallest absolute Gasteiger partial charge is 0.118 e. The number of hydrogen-bond acceptors (Lipinski definition) is 4. The van der Waals surface area contributed by atoms with E-state index in [1.54, 1.807) is 7.11 Å². The summed E-state index contributed by atoms with van der Waals surface area (Å²) in [5.41, 5.74) is 2.25. The molecule has 0 saturated carbocycles. The van der Waals surface area contributed by atoms with Gasteiger partial charge in [0.05, 0.1) is 13.2 Å². The molecule has 4 heteroatoms. The molecule has 25 heavy (non-hydrogen) atoms. The van der Waals surface area contributed by atoms with Crippen LogP contribution < -0.4 is 10.1 Å². The van der Waals surface area contributed by atoms with Gasteiger partial charge in [0.1, 0.15) is 5.75 Å². The lowest BCUT2D eigenvalue weighted by Gasteiger charge is -2.29. The molecule has 0 aromatic heterocycles. The summed E-state index contributed by atoms with van der Waals surface area (Å²) in [6, 6.07) is 18.5. The van der Waals surface area contributed by atoms with Crippen LogP contribution in [0.3, 0.4) is 0 Å². The van der Waals surface area contributed by atoms with Crippen LogP contribution in [0.2, 0.25) is 0 Å². The lowest BCUT2D eigenvalue weighted by atomic mass is 10.0. The molecule has 2 N–H and O–H groups in total. The highest BCUT2D eigenvalue weighted by atomic mass is 16.5. The Kier molecular flexibility index (Phi) is 6.45. The molecular weight excluding hydrogens is 312 g/mol. The van der Waals surface area contributed by atoms with Crippen LogP contribution in [-0.4, -0.2) is 43.3 Å². The summed E-state index contributed by atoms with van der Waals surface area (Å²) >= 11 is 0. The zero-order chi connectivity index (χ0) is 17.5. The minimum atomic E-state index is -0.476. The lowest BCUT2D eigenvalue weighted by Crippen LogP contribution is -2.35. The molecule has 1 heterocycles. The average molecular weight is 340 g/mol. The molecule has 0 radical (unpaired) electrons. The predicted octanol–water partition coefficient (Wildman–Crippen LogP) is 3.16. The van der Waals surface area contributed by atoms with E-state index in [9.17, 15) is 5.11 Å². The molecule has 0 aliphatic carbocycles. The normalized spacial score (nSPS) is 17.4. The van der Waals surface area contributed by atoms with Crippen LogP contribution in [0.25, 0.3) is 0 Å². The number of hydrogen-bond donors (Lipinski definition) is 2. The Morgan fingerprint density at radius 2 is 1.64 bits per heavy atom. The first-order valence-electron chi connectivity index (χ1n) is 9.09. The number of nitrogens with one attached hydrogen (secondary N) is 1. The van der Waals surface area contributed by atoms with Crippen molar-refractivity contribution >= 4 is 0 Å². The summed E-state index contributed by atoms with van der Waals surface area (Å²) in [5, 5.41) is 13.8. The number of ether oxygens (including phenoxy) is 1. The van der Waals surface area contributed by atoms with Crippen molar-refractivity contribution in [2.24, 2.45) is 0 Å². The van der Waals surface area contributed by atoms with E-state index in [-0.39, 0.29) is 0 Å². The quantitative estimate of drug-likeness (QED) is 0.775. The zero-order valence-electron chi connectivity index (χ0n) is 14.9. The number of likely N-dealkylation sites (tertiary alicyclic amines) is 1. The number of benzene rings is 2. The van der Waals surface area contributed by atoms with Crippen molar-refractivity contribution in [3.05, 3.63) is 65.7 Å². The second-order valence-corrected chi connectivity index (χ2v) is 6.62. The lowest BCUT2D eigenvalue weighted by molar-refractivity contribution is 0.166. The van der Waals surface area contributed by atoms with Crippen molar-refractivity contribution in [1.82, 2.24) is 10.2 Å². The maximum Gasteiger partial charge on any atom is 0.118 e. The first-order valence-corrected chi connectivity index (χ1v) is 9.09. The van der Waals surface area contributed by atoms with Crippen LogP contribution in [0.15, 0.2) is 54.6 Å². The van der Waals surface area contributed by atoms with E-state index in [4.69, 9.17) is 4.74 Å². The predicted molar refractivity (Wildman–Crippen MR) is 101 cm³/mol. The SMILES string of the molecule is COc1ccc([C@@H](CNC[C@@H](O)c2ccccc2)N2CCCC2)cc1. The molecule has 134 valence electrons. The van der Waals surface area contributed by atoms with Gasteiger partial charge in [0.2, 0.25) is 0 Å². The summed E-state index contributed by atoms with van der Waals surface area (Å²) in [6.45, 7) is 3.67. The third-order valence-electron chi connectivity index (χ3n) is 4.94. The van der Waals surface area contributed by atoms with E-state index in [0.717, 1.165) is 30.9 Å². The summed E-state index contributed by atoms with van der Waals surface area (Å²) in [4.78, 5) is 2.53. The van der Waals surface area contributed by atoms with Gasteiger partial charge >= 0.3 is 0 Å². The van der Waals surface area contributed by atoms with Gasteiger partial charge in [-0.2, -0.15) is 0 Å². The molecule has 2 aromatic rings. The van der Waals surface area contributed by atoms with Gasteiger partial charge in [0, 0.05) is 19.1 Å². The molecule has 1 fully saturated rings. The fourth-order valence-corrected chi connectivity index (χ4v) is 3.49. The molecule has 0 bridgehead atoms. The standard InChI is InChI=1S/C21H28N2O2/c1-25-19-11-9-17(10-12-19)20(23-13-5-6-14-23)15-22-16-21(24)18-7-3-2-4-8-18/h2-4,7-12,20-22,24H,5-6,13-16H2,1H3/t20-,21-/m1/s1. The summed E-state index contributed by atoms with van der Waals surface area (Å²) in [5.74, 6) is 0.886. The molecule has 1 saturated heterocycles. The summed E-state index contributed by atoms with van der Waals surface area (Å²) in [6.07, 6.45) is 2.05. The van der Waals surface area contributed by atoms with Crippen LogP contribution in [-0.2, 0) is 0 Å². The van der Waals surface area contributed by atoms with Crippen LogP contribution in [0.4, 0.5) is 0 Å². The van der Waals surface area contributed by atoms with Crippen molar-refractivity contribution in [2.75, 3.05) is 33.3 Å². The summed E-state index contributed by atoms with van der Waals surface area (Å²) in [7, 11) is 1.69. The molecular formula is C21H28N2O2. The minimum Gasteiger partial charge on any atom is -0.497 e. The molecule has 3 rings (SSSR count). The molecule has 1 aliphatic rings. The molecule has 1 aliphatic heterocycles. The number of nitrogens with zero attached hydrogens (tertiary/aromatic N) is 1. The Morgan fingerprint density at radius 3 is 2.28 bits per heavy atom. The van der Waals surface area contributed by atoms with E-state index in [1.807, 2.05) is 42.5 Å². The van der Waals surface area contributed by atoms with Crippen molar-refractivity contribution in [3.63, 3.8) is 0 Å². The van der Waals surface area contributed by atoms with E-state index >= 15 is 0 Å². The molecule has 0 unspecified atom stereocenters. The van der Waals surface area contributed by atoms with Gasteiger partial charge in [-0.1, -0.05) is 42.5 Å². The van der Waals surface area contributed by atoms with Gasteiger partial charge in [-0.3, -0.25) is 4.90 Å². The molecule has 4 nitrogen and oxygen atoms in total. The van der Waals surface area contributed by atoms with Crippen LogP contribution in [0, 0.1) is 0 Å². The first kappa shape index (κ1) is 17.9. The van der Waals surface area contributed by atoms with Gasteiger partial charge in [0.15, 0.2) is 0 Å². The third-order valence-corrected chi connectivity index (χ3v) is 4.94. The molecule has 0 spiro atoms. The second kappa shape index (κ2) is 8.99. The highest BCUT2D eigenvalue weighted by molar-refractivity contribution is 5.29.